The molecule has 0 atom stereocenters. The van der Waals surface area contributed by atoms with E-state index >= 15 is 0 Å². The highest BCUT2D eigenvalue weighted by atomic mass is 35.5. The summed E-state index contributed by atoms with van der Waals surface area (Å²) < 4.78 is 5.35. The summed E-state index contributed by atoms with van der Waals surface area (Å²) in [6, 6.07) is 5.92. The third-order valence-corrected chi connectivity index (χ3v) is 2.79. The molecule has 1 aromatic rings. The van der Waals surface area contributed by atoms with Crippen LogP contribution in [-0.2, 0) is 11.3 Å². The van der Waals surface area contributed by atoms with Gasteiger partial charge in [-0.05, 0) is 31.5 Å². The van der Waals surface area contributed by atoms with Gasteiger partial charge in [0.05, 0.1) is 6.61 Å². The van der Waals surface area contributed by atoms with Crippen LogP contribution < -0.4 is 5.32 Å². The average molecular weight is 254 g/mol. The third kappa shape index (κ3) is 4.41. The van der Waals surface area contributed by atoms with Gasteiger partial charge in [-0.3, -0.25) is 0 Å². The molecule has 1 aromatic carbocycles. The lowest BCUT2D eigenvalue weighted by atomic mass is 10.1. The monoisotopic (exact) mass is 253 g/mol. The zero-order valence-electron chi connectivity index (χ0n) is 10.6. The van der Waals surface area contributed by atoms with Gasteiger partial charge in [-0.2, -0.15) is 0 Å². The second-order valence-electron chi connectivity index (χ2n) is 3.84. The van der Waals surface area contributed by atoms with Gasteiger partial charge in [0.15, 0.2) is 0 Å². The molecule has 0 fully saturated rings. The SMILES string of the molecule is C=C(OCC)c1ccc(CNCCC)c(Cl)c1. The minimum Gasteiger partial charge on any atom is -0.494 e. The van der Waals surface area contributed by atoms with E-state index in [-0.39, 0.29) is 0 Å². The number of rotatable bonds is 7. The molecule has 0 aliphatic rings. The van der Waals surface area contributed by atoms with E-state index in [1.54, 1.807) is 0 Å². The highest BCUT2D eigenvalue weighted by molar-refractivity contribution is 6.31. The van der Waals surface area contributed by atoms with Gasteiger partial charge in [0.1, 0.15) is 5.76 Å². The zero-order chi connectivity index (χ0) is 12.7. The molecule has 0 saturated carbocycles. The molecule has 0 aliphatic heterocycles. The van der Waals surface area contributed by atoms with E-state index in [1.165, 1.54) is 0 Å². The first-order valence-electron chi connectivity index (χ1n) is 6.00. The van der Waals surface area contributed by atoms with Crippen LogP contribution in [0.2, 0.25) is 5.02 Å². The highest BCUT2D eigenvalue weighted by Crippen LogP contribution is 2.22. The predicted molar refractivity (Wildman–Crippen MR) is 74.1 cm³/mol. The molecule has 0 radical (unpaired) electrons. The Kier molecular flexibility index (Phi) is 6.09. The van der Waals surface area contributed by atoms with Gasteiger partial charge < -0.3 is 10.1 Å². The molecule has 0 bridgehead atoms. The van der Waals surface area contributed by atoms with E-state index in [2.05, 4.69) is 18.8 Å². The largest absolute Gasteiger partial charge is 0.494 e. The van der Waals surface area contributed by atoms with Gasteiger partial charge in [-0.1, -0.05) is 37.2 Å². The molecular weight excluding hydrogens is 234 g/mol. The van der Waals surface area contributed by atoms with E-state index < -0.39 is 0 Å². The average Bonchev–Trinajstić information content (AvgIpc) is 2.31. The van der Waals surface area contributed by atoms with Crippen LogP contribution in [0.25, 0.3) is 5.76 Å². The fourth-order valence-electron chi connectivity index (χ4n) is 1.52. The molecular formula is C14H20ClNO. The Hall–Kier alpha value is -0.990. The molecule has 2 nitrogen and oxygen atoms in total. The minimum absolute atomic E-state index is 0.621. The van der Waals surface area contributed by atoms with Crippen molar-refractivity contribution in [3.63, 3.8) is 0 Å². The maximum Gasteiger partial charge on any atom is 0.119 e. The zero-order valence-corrected chi connectivity index (χ0v) is 11.3. The highest BCUT2D eigenvalue weighted by Gasteiger charge is 2.04. The summed E-state index contributed by atoms with van der Waals surface area (Å²) in [6.45, 7) is 10.4. The number of benzene rings is 1. The molecule has 0 amide bonds. The molecule has 94 valence electrons. The molecule has 1 rings (SSSR count). The van der Waals surface area contributed by atoms with Gasteiger partial charge in [0.25, 0.3) is 0 Å². The van der Waals surface area contributed by atoms with E-state index in [9.17, 15) is 0 Å². The van der Waals surface area contributed by atoms with Crippen molar-refractivity contribution in [2.45, 2.75) is 26.8 Å². The quantitative estimate of drug-likeness (QED) is 0.589. The van der Waals surface area contributed by atoms with Crippen LogP contribution in [0.4, 0.5) is 0 Å². The summed E-state index contributed by atoms with van der Waals surface area (Å²) in [5, 5.41) is 4.08. The number of halogens is 1. The Morgan fingerprint density at radius 1 is 1.41 bits per heavy atom. The summed E-state index contributed by atoms with van der Waals surface area (Å²) in [5.41, 5.74) is 2.05. The molecule has 0 heterocycles. The molecule has 0 unspecified atom stereocenters. The fourth-order valence-corrected chi connectivity index (χ4v) is 1.77. The predicted octanol–water partition coefficient (Wildman–Crippen LogP) is 3.85. The lowest BCUT2D eigenvalue weighted by Gasteiger charge is -2.10. The minimum atomic E-state index is 0.621. The van der Waals surface area contributed by atoms with Crippen molar-refractivity contribution in [2.75, 3.05) is 13.2 Å². The summed E-state index contributed by atoms with van der Waals surface area (Å²) in [4.78, 5) is 0. The van der Waals surface area contributed by atoms with Crippen molar-refractivity contribution in [2.24, 2.45) is 0 Å². The van der Waals surface area contributed by atoms with Crippen molar-refractivity contribution in [1.29, 1.82) is 0 Å². The number of hydrogen-bond donors (Lipinski definition) is 1. The third-order valence-electron chi connectivity index (χ3n) is 2.44. The normalized spacial score (nSPS) is 10.3. The van der Waals surface area contributed by atoms with Crippen LogP contribution >= 0.6 is 11.6 Å². The maximum atomic E-state index is 6.22. The van der Waals surface area contributed by atoms with Crippen LogP contribution in [0.1, 0.15) is 31.4 Å². The molecule has 0 saturated heterocycles. The first-order chi connectivity index (χ1) is 8.19. The maximum absolute atomic E-state index is 6.22. The van der Waals surface area contributed by atoms with Gasteiger partial charge in [-0.15, -0.1) is 0 Å². The van der Waals surface area contributed by atoms with Crippen LogP contribution in [0.5, 0.6) is 0 Å². The summed E-state index contributed by atoms with van der Waals surface area (Å²) >= 11 is 6.22. The Bertz CT molecular complexity index is 376. The van der Waals surface area contributed by atoms with E-state index in [4.69, 9.17) is 16.3 Å². The standard InChI is InChI=1S/C14H20ClNO/c1-4-8-16-10-13-7-6-12(9-14(13)15)11(3)17-5-2/h6-7,9,16H,3-5,8,10H2,1-2H3. The van der Waals surface area contributed by atoms with Crippen LogP contribution in [0, 0.1) is 0 Å². The van der Waals surface area contributed by atoms with Crippen LogP contribution in [0.15, 0.2) is 24.8 Å². The van der Waals surface area contributed by atoms with E-state index in [0.717, 1.165) is 35.7 Å². The van der Waals surface area contributed by atoms with Gasteiger partial charge >= 0.3 is 0 Å². The second kappa shape index (κ2) is 7.36. The molecule has 3 heteroatoms. The van der Waals surface area contributed by atoms with E-state index in [0.29, 0.717) is 12.4 Å². The van der Waals surface area contributed by atoms with Gasteiger partial charge in [-0.25, -0.2) is 0 Å². The molecule has 0 aliphatic carbocycles. The number of nitrogens with one attached hydrogen (secondary N) is 1. The van der Waals surface area contributed by atoms with Crippen LogP contribution in [0.3, 0.4) is 0 Å². The molecule has 0 aromatic heterocycles. The summed E-state index contributed by atoms with van der Waals surface area (Å²) in [6.07, 6.45) is 1.12. The van der Waals surface area contributed by atoms with E-state index in [1.807, 2.05) is 25.1 Å². The first-order valence-corrected chi connectivity index (χ1v) is 6.38. The van der Waals surface area contributed by atoms with Crippen molar-refractivity contribution in [3.8, 4) is 0 Å². The Morgan fingerprint density at radius 3 is 2.76 bits per heavy atom. The van der Waals surface area contributed by atoms with Crippen molar-refractivity contribution in [3.05, 3.63) is 40.9 Å². The number of ether oxygens (including phenoxy) is 1. The molecule has 0 spiro atoms. The lowest BCUT2D eigenvalue weighted by molar-refractivity contribution is 0.299. The van der Waals surface area contributed by atoms with Gasteiger partial charge in [0.2, 0.25) is 0 Å². The first kappa shape index (κ1) is 14.1. The Balaban J connectivity index is 2.68. The smallest absolute Gasteiger partial charge is 0.119 e. The molecule has 17 heavy (non-hydrogen) atoms. The molecule has 1 N–H and O–H groups in total. The Labute approximate surface area is 109 Å². The number of hydrogen-bond acceptors (Lipinski definition) is 2. The van der Waals surface area contributed by atoms with Crippen LogP contribution in [-0.4, -0.2) is 13.2 Å². The summed E-state index contributed by atoms with van der Waals surface area (Å²) in [7, 11) is 0. The lowest BCUT2D eigenvalue weighted by Crippen LogP contribution is -2.14. The van der Waals surface area contributed by atoms with Crippen molar-refractivity contribution < 1.29 is 4.74 Å². The fraction of sp³-hybridized carbons (Fsp3) is 0.429. The second-order valence-corrected chi connectivity index (χ2v) is 4.25. The topological polar surface area (TPSA) is 21.3 Å². The van der Waals surface area contributed by atoms with Crippen molar-refractivity contribution in [1.82, 2.24) is 5.32 Å². The van der Waals surface area contributed by atoms with Gasteiger partial charge in [0, 0.05) is 17.1 Å². The van der Waals surface area contributed by atoms with Crippen molar-refractivity contribution >= 4 is 17.4 Å². The Morgan fingerprint density at radius 2 is 2.18 bits per heavy atom. The summed E-state index contributed by atoms with van der Waals surface area (Å²) in [5.74, 6) is 0.669.